The first-order valence-corrected chi connectivity index (χ1v) is 9.94. The van der Waals surface area contributed by atoms with Crippen LogP contribution in [0.5, 0.6) is 0 Å². The number of carbonyl (C=O) groups is 3. The number of carbonyl (C=O) groups excluding carboxylic acids is 3. The molecule has 10 heteroatoms. The van der Waals surface area contributed by atoms with E-state index in [-0.39, 0.29) is 42.4 Å². The Balaban J connectivity index is 1.68. The van der Waals surface area contributed by atoms with Crippen LogP contribution in [0.4, 0.5) is 15.8 Å². The lowest BCUT2D eigenvalue weighted by atomic mass is 10.0. The van der Waals surface area contributed by atoms with Crippen LogP contribution in [-0.4, -0.2) is 41.1 Å². The number of ketones is 1. The van der Waals surface area contributed by atoms with Gasteiger partial charge in [0.2, 0.25) is 11.7 Å². The summed E-state index contributed by atoms with van der Waals surface area (Å²) in [6, 6.07) is 10.2. The number of esters is 1. The minimum atomic E-state index is -1.15. The van der Waals surface area contributed by atoms with Crippen molar-refractivity contribution in [2.24, 2.45) is 5.92 Å². The number of nitrogens with zero attached hydrogens (tertiary/aromatic N) is 2. The van der Waals surface area contributed by atoms with E-state index in [0.717, 1.165) is 12.1 Å². The molecule has 0 aromatic heterocycles. The number of amides is 1. The molecule has 162 valence electrons. The Labute approximate surface area is 181 Å². The standard InChI is InChI=1S/C21H18ClFN2O6/c22-10-9-18(20(27)13-1-3-15(23)4-2-13)31-21(28)14-11-19(26)24(12-14)16-5-7-17(8-6-16)25(29)30/h1-8,14,18H,9-12H2/t14-,18+/m0/s1. The Morgan fingerprint density at radius 3 is 2.42 bits per heavy atom. The van der Waals surface area contributed by atoms with E-state index in [2.05, 4.69) is 0 Å². The van der Waals surface area contributed by atoms with Crippen molar-refractivity contribution >= 4 is 40.6 Å². The molecule has 1 fully saturated rings. The second kappa shape index (κ2) is 9.65. The van der Waals surface area contributed by atoms with E-state index in [1.165, 1.54) is 41.3 Å². The van der Waals surface area contributed by atoms with Gasteiger partial charge in [-0.1, -0.05) is 0 Å². The molecule has 0 aliphatic carbocycles. The van der Waals surface area contributed by atoms with E-state index in [1.807, 2.05) is 0 Å². The normalized spacial score (nSPS) is 16.8. The molecule has 3 rings (SSSR count). The SMILES string of the molecule is O=C(O[C@H](CCCl)C(=O)c1ccc(F)cc1)[C@H]1CC(=O)N(c2ccc([N+](=O)[O-])cc2)C1. The van der Waals surface area contributed by atoms with E-state index in [4.69, 9.17) is 16.3 Å². The predicted molar refractivity (Wildman–Crippen MR) is 110 cm³/mol. The van der Waals surface area contributed by atoms with Crippen LogP contribution in [0.2, 0.25) is 0 Å². The van der Waals surface area contributed by atoms with Crippen LogP contribution in [-0.2, 0) is 14.3 Å². The summed E-state index contributed by atoms with van der Waals surface area (Å²) < 4.78 is 18.5. The van der Waals surface area contributed by atoms with Crippen molar-refractivity contribution in [3.8, 4) is 0 Å². The summed E-state index contributed by atoms with van der Waals surface area (Å²) in [6.45, 7) is 0.0216. The number of alkyl halides is 1. The number of ether oxygens (including phenoxy) is 1. The Hall–Kier alpha value is -3.33. The third-order valence-corrected chi connectivity index (χ3v) is 5.10. The number of hydrogen-bond donors (Lipinski definition) is 0. The quantitative estimate of drug-likeness (QED) is 0.201. The number of benzene rings is 2. The van der Waals surface area contributed by atoms with Gasteiger partial charge >= 0.3 is 5.97 Å². The van der Waals surface area contributed by atoms with Crippen molar-refractivity contribution in [1.82, 2.24) is 0 Å². The first kappa shape index (κ1) is 22.4. The van der Waals surface area contributed by atoms with E-state index >= 15 is 0 Å². The molecule has 0 radical (unpaired) electrons. The van der Waals surface area contributed by atoms with Gasteiger partial charge in [-0.15, -0.1) is 11.6 Å². The summed E-state index contributed by atoms with van der Waals surface area (Å²) >= 11 is 5.74. The van der Waals surface area contributed by atoms with Crippen LogP contribution in [0, 0.1) is 21.8 Å². The molecule has 8 nitrogen and oxygen atoms in total. The summed E-state index contributed by atoms with van der Waals surface area (Å²) in [5.74, 6) is -2.81. The van der Waals surface area contributed by atoms with E-state index in [1.54, 1.807) is 0 Å². The smallest absolute Gasteiger partial charge is 0.312 e. The van der Waals surface area contributed by atoms with Crippen molar-refractivity contribution in [2.75, 3.05) is 17.3 Å². The molecule has 2 atom stereocenters. The van der Waals surface area contributed by atoms with Gasteiger partial charge in [-0.05, 0) is 36.4 Å². The monoisotopic (exact) mass is 448 g/mol. The molecule has 0 N–H and O–H groups in total. The van der Waals surface area contributed by atoms with Crippen LogP contribution in [0.1, 0.15) is 23.2 Å². The lowest BCUT2D eigenvalue weighted by Gasteiger charge is -2.19. The molecule has 1 saturated heterocycles. The van der Waals surface area contributed by atoms with Crippen molar-refractivity contribution in [3.05, 3.63) is 70.0 Å². The van der Waals surface area contributed by atoms with Gasteiger partial charge in [0, 0.05) is 48.6 Å². The molecule has 2 aromatic carbocycles. The third kappa shape index (κ3) is 5.24. The second-order valence-electron chi connectivity index (χ2n) is 6.95. The van der Waals surface area contributed by atoms with Crippen molar-refractivity contribution in [1.29, 1.82) is 0 Å². The Bertz CT molecular complexity index is 996. The molecule has 2 aromatic rings. The van der Waals surface area contributed by atoms with E-state index < -0.39 is 34.5 Å². The largest absolute Gasteiger partial charge is 0.454 e. The molecule has 1 aliphatic rings. The summed E-state index contributed by atoms with van der Waals surface area (Å²) in [7, 11) is 0. The topological polar surface area (TPSA) is 107 Å². The molecule has 0 unspecified atom stereocenters. The summed E-state index contributed by atoms with van der Waals surface area (Å²) in [6.07, 6.45) is -1.20. The molecule has 0 saturated carbocycles. The van der Waals surface area contributed by atoms with Crippen molar-refractivity contribution in [3.63, 3.8) is 0 Å². The highest BCUT2D eigenvalue weighted by Crippen LogP contribution is 2.28. The number of anilines is 1. The predicted octanol–water partition coefficient (Wildman–Crippen LogP) is 3.51. The summed E-state index contributed by atoms with van der Waals surface area (Å²) in [5.41, 5.74) is 0.486. The Morgan fingerprint density at radius 2 is 1.84 bits per heavy atom. The minimum absolute atomic E-state index is 0.0216. The summed E-state index contributed by atoms with van der Waals surface area (Å²) in [5, 5.41) is 10.8. The Morgan fingerprint density at radius 1 is 1.19 bits per heavy atom. The van der Waals surface area contributed by atoms with Gasteiger partial charge < -0.3 is 9.64 Å². The molecule has 0 bridgehead atoms. The lowest BCUT2D eigenvalue weighted by Crippen LogP contribution is -2.32. The number of halogens is 2. The molecule has 31 heavy (non-hydrogen) atoms. The zero-order chi connectivity index (χ0) is 22.5. The van der Waals surface area contributed by atoms with Gasteiger partial charge in [0.05, 0.1) is 10.8 Å². The highest BCUT2D eigenvalue weighted by molar-refractivity contribution is 6.18. The molecule has 1 aliphatic heterocycles. The van der Waals surface area contributed by atoms with Gasteiger partial charge in [0.1, 0.15) is 5.82 Å². The number of rotatable bonds is 8. The maximum Gasteiger partial charge on any atom is 0.312 e. The first-order valence-electron chi connectivity index (χ1n) is 9.41. The highest BCUT2D eigenvalue weighted by atomic mass is 35.5. The number of non-ortho nitro benzene ring substituents is 1. The van der Waals surface area contributed by atoms with Gasteiger partial charge in [0.25, 0.3) is 5.69 Å². The number of Topliss-reactive ketones (excluding diaryl/α,β-unsaturated/α-hetero) is 1. The van der Waals surface area contributed by atoms with Crippen LogP contribution in [0.25, 0.3) is 0 Å². The van der Waals surface area contributed by atoms with Crippen molar-refractivity contribution < 1.29 is 28.4 Å². The zero-order valence-electron chi connectivity index (χ0n) is 16.2. The number of hydrogen-bond acceptors (Lipinski definition) is 6. The van der Waals surface area contributed by atoms with Crippen molar-refractivity contribution in [2.45, 2.75) is 18.9 Å². The first-order chi connectivity index (χ1) is 14.8. The molecule has 0 spiro atoms. The fraction of sp³-hybridized carbons (Fsp3) is 0.286. The molecular weight excluding hydrogens is 431 g/mol. The fourth-order valence-corrected chi connectivity index (χ4v) is 3.45. The molecular formula is C21H18ClFN2O6. The van der Waals surface area contributed by atoms with Gasteiger partial charge in [0.15, 0.2) is 6.10 Å². The highest BCUT2D eigenvalue weighted by Gasteiger charge is 2.38. The number of nitro groups is 1. The third-order valence-electron chi connectivity index (χ3n) is 4.88. The molecule has 1 heterocycles. The average molecular weight is 449 g/mol. The van der Waals surface area contributed by atoms with Gasteiger partial charge in [-0.25, -0.2) is 4.39 Å². The fourth-order valence-electron chi connectivity index (χ4n) is 3.25. The zero-order valence-corrected chi connectivity index (χ0v) is 17.0. The average Bonchev–Trinajstić information content (AvgIpc) is 3.15. The van der Waals surface area contributed by atoms with E-state index in [0.29, 0.717) is 5.69 Å². The second-order valence-corrected chi connectivity index (χ2v) is 7.33. The minimum Gasteiger partial charge on any atom is -0.454 e. The summed E-state index contributed by atoms with van der Waals surface area (Å²) in [4.78, 5) is 49.2. The van der Waals surface area contributed by atoms with E-state index in [9.17, 15) is 28.9 Å². The molecule has 1 amide bonds. The maximum absolute atomic E-state index is 13.1. The maximum atomic E-state index is 13.1. The van der Waals surface area contributed by atoms with Crippen LogP contribution in [0.3, 0.4) is 0 Å². The van der Waals surface area contributed by atoms with Crippen LogP contribution < -0.4 is 4.90 Å². The van der Waals surface area contributed by atoms with Crippen LogP contribution >= 0.6 is 11.6 Å². The van der Waals surface area contributed by atoms with Gasteiger partial charge in [-0.3, -0.25) is 24.5 Å². The lowest BCUT2D eigenvalue weighted by molar-refractivity contribution is -0.384. The van der Waals surface area contributed by atoms with Gasteiger partial charge in [-0.2, -0.15) is 0 Å². The number of nitro benzene ring substituents is 1. The Kier molecular flexibility index (Phi) is 6.96. The van der Waals surface area contributed by atoms with Crippen LogP contribution in [0.15, 0.2) is 48.5 Å².